The van der Waals surface area contributed by atoms with Crippen molar-refractivity contribution in [2.75, 3.05) is 7.11 Å². The van der Waals surface area contributed by atoms with Crippen molar-refractivity contribution >= 4 is 5.97 Å². The molecule has 0 aliphatic heterocycles. The van der Waals surface area contributed by atoms with Crippen molar-refractivity contribution in [1.82, 2.24) is 0 Å². The summed E-state index contributed by atoms with van der Waals surface area (Å²) in [6.45, 7) is 8.07. The molecule has 25 heavy (non-hydrogen) atoms. The van der Waals surface area contributed by atoms with Gasteiger partial charge < -0.3 is 20.1 Å². The minimum absolute atomic E-state index is 0.0399. The van der Waals surface area contributed by atoms with Gasteiger partial charge in [0.25, 0.3) is 0 Å². The van der Waals surface area contributed by atoms with E-state index in [1.807, 2.05) is 0 Å². The fourth-order valence-corrected chi connectivity index (χ4v) is 5.49. The molecule has 2 rings (SSSR count). The van der Waals surface area contributed by atoms with E-state index in [2.05, 4.69) is 25.2 Å². The SMILES string of the molecule is C=C(CC(O)CCC(C)C1CCC2C(O)(O)CCCC12C)C(=O)OC. The van der Waals surface area contributed by atoms with Crippen molar-refractivity contribution in [3.8, 4) is 0 Å². The van der Waals surface area contributed by atoms with Crippen LogP contribution >= 0.6 is 0 Å². The molecule has 0 heterocycles. The van der Waals surface area contributed by atoms with Crippen LogP contribution in [0.1, 0.15) is 65.2 Å². The van der Waals surface area contributed by atoms with Crippen LogP contribution < -0.4 is 0 Å². The molecule has 0 aromatic heterocycles. The molecule has 144 valence electrons. The van der Waals surface area contributed by atoms with Gasteiger partial charge in [-0.25, -0.2) is 4.79 Å². The molecule has 3 N–H and O–H groups in total. The number of ether oxygens (including phenoxy) is 1. The maximum Gasteiger partial charge on any atom is 0.333 e. The van der Waals surface area contributed by atoms with Crippen molar-refractivity contribution in [3.63, 3.8) is 0 Å². The van der Waals surface area contributed by atoms with E-state index in [0.717, 1.165) is 32.1 Å². The second-order valence-corrected chi connectivity index (χ2v) is 8.48. The lowest BCUT2D eigenvalue weighted by atomic mass is 9.60. The van der Waals surface area contributed by atoms with Crippen molar-refractivity contribution in [1.29, 1.82) is 0 Å². The number of carbonyl (C=O) groups excluding carboxylic acids is 1. The Morgan fingerprint density at radius 3 is 2.60 bits per heavy atom. The molecule has 2 fully saturated rings. The standard InChI is InChI=1S/C20H34O5/c1-13(6-7-15(21)12-14(2)18(22)25-4)16-8-9-17-19(16,3)10-5-11-20(17,23)24/h13,15-17,21,23-24H,2,5-12H2,1,3-4H3. The number of aliphatic hydroxyl groups is 3. The summed E-state index contributed by atoms with van der Waals surface area (Å²) in [7, 11) is 1.31. The first kappa shape index (κ1) is 20.4. The van der Waals surface area contributed by atoms with Crippen LogP contribution in [0.5, 0.6) is 0 Å². The molecule has 0 amide bonds. The van der Waals surface area contributed by atoms with E-state index in [4.69, 9.17) is 0 Å². The molecule has 0 bridgehead atoms. The van der Waals surface area contributed by atoms with Gasteiger partial charge in [0.1, 0.15) is 0 Å². The highest BCUT2D eigenvalue weighted by molar-refractivity contribution is 5.87. The fourth-order valence-electron chi connectivity index (χ4n) is 5.49. The molecule has 0 radical (unpaired) electrons. The summed E-state index contributed by atoms with van der Waals surface area (Å²) in [5.41, 5.74) is 0.259. The Kier molecular flexibility index (Phi) is 6.34. The van der Waals surface area contributed by atoms with E-state index in [1.54, 1.807) is 0 Å². The number of rotatable bonds is 7. The molecule has 5 unspecified atom stereocenters. The number of hydrogen-bond donors (Lipinski definition) is 3. The lowest BCUT2D eigenvalue weighted by Gasteiger charge is -2.48. The van der Waals surface area contributed by atoms with Gasteiger partial charge in [-0.2, -0.15) is 0 Å². The zero-order chi connectivity index (χ0) is 18.8. The minimum atomic E-state index is -1.53. The first-order valence-corrected chi connectivity index (χ1v) is 9.50. The average molecular weight is 354 g/mol. The van der Waals surface area contributed by atoms with Gasteiger partial charge in [0.05, 0.1) is 13.2 Å². The highest BCUT2D eigenvalue weighted by Crippen LogP contribution is 2.60. The minimum Gasteiger partial charge on any atom is -0.466 e. The van der Waals surface area contributed by atoms with Crippen LogP contribution in [0.2, 0.25) is 0 Å². The van der Waals surface area contributed by atoms with Crippen LogP contribution in [0, 0.1) is 23.2 Å². The van der Waals surface area contributed by atoms with Crippen molar-refractivity contribution < 1.29 is 24.9 Å². The average Bonchev–Trinajstić information content (AvgIpc) is 2.90. The van der Waals surface area contributed by atoms with E-state index in [0.29, 0.717) is 30.3 Å². The number of methoxy groups -OCH3 is 1. The number of esters is 1. The Morgan fingerprint density at radius 2 is 1.96 bits per heavy atom. The van der Waals surface area contributed by atoms with E-state index < -0.39 is 17.9 Å². The van der Waals surface area contributed by atoms with Crippen LogP contribution in [-0.2, 0) is 9.53 Å². The Hall–Kier alpha value is -0.910. The summed E-state index contributed by atoms with van der Waals surface area (Å²) in [6.07, 6.45) is 5.34. The number of hydrogen-bond acceptors (Lipinski definition) is 5. The predicted octanol–water partition coefficient (Wildman–Crippen LogP) is 2.78. The van der Waals surface area contributed by atoms with E-state index in [9.17, 15) is 20.1 Å². The Bertz CT molecular complexity index is 500. The second-order valence-electron chi connectivity index (χ2n) is 8.48. The molecule has 5 nitrogen and oxygen atoms in total. The molecule has 2 saturated carbocycles. The number of carbonyl (C=O) groups is 1. The van der Waals surface area contributed by atoms with Gasteiger partial charge in [-0.3, -0.25) is 0 Å². The van der Waals surface area contributed by atoms with Gasteiger partial charge in [0.2, 0.25) is 0 Å². The Labute approximate surface area is 151 Å². The normalized spacial score (nSPS) is 33.4. The monoisotopic (exact) mass is 354 g/mol. The van der Waals surface area contributed by atoms with Crippen molar-refractivity contribution in [3.05, 3.63) is 12.2 Å². The summed E-state index contributed by atoms with van der Waals surface area (Å²) >= 11 is 0. The van der Waals surface area contributed by atoms with Gasteiger partial charge in [0.15, 0.2) is 5.79 Å². The van der Waals surface area contributed by atoms with E-state index >= 15 is 0 Å². The van der Waals surface area contributed by atoms with Crippen molar-refractivity contribution in [2.45, 2.75) is 77.1 Å². The summed E-state index contributed by atoms with van der Waals surface area (Å²) in [5, 5.41) is 30.9. The number of aliphatic hydroxyl groups excluding tert-OH is 1. The molecule has 5 atom stereocenters. The van der Waals surface area contributed by atoms with Gasteiger partial charge in [-0.05, 0) is 55.8 Å². The third-order valence-electron chi connectivity index (χ3n) is 6.83. The Morgan fingerprint density at radius 1 is 1.28 bits per heavy atom. The Balaban J connectivity index is 1.90. The molecule has 0 aromatic rings. The zero-order valence-corrected chi connectivity index (χ0v) is 15.8. The third-order valence-corrected chi connectivity index (χ3v) is 6.83. The smallest absolute Gasteiger partial charge is 0.333 e. The summed E-state index contributed by atoms with van der Waals surface area (Å²) < 4.78 is 4.61. The lowest BCUT2D eigenvalue weighted by molar-refractivity contribution is -0.245. The largest absolute Gasteiger partial charge is 0.466 e. The lowest BCUT2D eigenvalue weighted by Crippen LogP contribution is -2.50. The summed E-state index contributed by atoms with van der Waals surface area (Å²) in [4.78, 5) is 11.4. The molecular weight excluding hydrogens is 320 g/mol. The van der Waals surface area contributed by atoms with Crippen LogP contribution in [0.4, 0.5) is 0 Å². The van der Waals surface area contributed by atoms with Crippen LogP contribution in [0.3, 0.4) is 0 Å². The highest BCUT2D eigenvalue weighted by Gasteiger charge is 2.57. The zero-order valence-electron chi connectivity index (χ0n) is 15.8. The maximum absolute atomic E-state index is 11.4. The quantitative estimate of drug-likeness (QED) is 0.372. The molecule has 0 spiro atoms. The summed E-state index contributed by atoms with van der Waals surface area (Å²) in [5.74, 6) is -1.22. The van der Waals surface area contributed by atoms with Gasteiger partial charge in [-0.15, -0.1) is 0 Å². The molecule has 2 aliphatic rings. The molecule has 2 aliphatic carbocycles. The molecular formula is C20H34O5. The second kappa shape index (κ2) is 7.77. The number of fused-ring (bicyclic) bond motifs is 1. The van der Waals surface area contributed by atoms with Gasteiger partial charge in [-0.1, -0.05) is 20.4 Å². The molecule has 0 aromatic carbocycles. The van der Waals surface area contributed by atoms with Gasteiger partial charge >= 0.3 is 5.97 Å². The third kappa shape index (κ3) is 4.26. The first-order chi connectivity index (χ1) is 11.6. The predicted molar refractivity (Wildman–Crippen MR) is 95.5 cm³/mol. The van der Waals surface area contributed by atoms with E-state index in [-0.39, 0.29) is 17.8 Å². The van der Waals surface area contributed by atoms with Crippen LogP contribution in [0.25, 0.3) is 0 Å². The van der Waals surface area contributed by atoms with Crippen LogP contribution in [-0.4, -0.2) is 40.3 Å². The van der Waals surface area contributed by atoms with Crippen molar-refractivity contribution in [2.24, 2.45) is 23.2 Å². The maximum atomic E-state index is 11.4. The van der Waals surface area contributed by atoms with Crippen LogP contribution in [0.15, 0.2) is 12.2 Å². The first-order valence-electron chi connectivity index (χ1n) is 9.50. The van der Waals surface area contributed by atoms with E-state index in [1.165, 1.54) is 7.11 Å². The van der Waals surface area contributed by atoms with Gasteiger partial charge in [0, 0.05) is 24.3 Å². The fraction of sp³-hybridized carbons (Fsp3) is 0.850. The summed E-state index contributed by atoms with van der Waals surface area (Å²) in [6, 6.07) is 0. The molecule has 0 saturated heterocycles. The molecule has 5 heteroatoms. The topological polar surface area (TPSA) is 87.0 Å². The highest BCUT2D eigenvalue weighted by atomic mass is 16.5.